The van der Waals surface area contributed by atoms with Crippen molar-refractivity contribution in [1.82, 2.24) is 24.1 Å². The molecule has 0 radical (unpaired) electrons. The Bertz CT molecular complexity index is 1130. The summed E-state index contributed by atoms with van der Waals surface area (Å²) >= 11 is 0. The van der Waals surface area contributed by atoms with Crippen LogP contribution in [0.3, 0.4) is 0 Å². The van der Waals surface area contributed by atoms with E-state index in [0.717, 1.165) is 22.6 Å². The first kappa shape index (κ1) is 17.8. The molecule has 8 nitrogen and oxygen atoms in total. The van der Waals surface area contributed by atoms with Crippen LogP contribution in [0.15, 0.2) is 58.2 Å². The van der Waals surface area contributed by atoms with Gasteiger partial charge in [0.25, 0.3) is 0 Å². The number of aromatic nitrogens is 5. The van der Waals surface area contributed by atoms with Crippen molar-refractivity contribution in [3.8, 4) is 11.6 Å². The predicted molar refractivity (Wildman–Crippen MR) is 103 cm³/mol. The Hall–Kier alpha value is -3.55. The molecule has 8 heteroatoms. The lowest BCUT2D eigenvalue weighted by molar-refractivity contribution is 0.391. The maximum absolute atomic E-state index is 12.7. The summed E-state index contributed by atoms with van der Waals surface area (Å²) in [7, 11) is 0. The molecule has 3 aromatic heterocycles. The van der Waals surface area contributed by atoms with Gasteiger partial charge < -0.3 is 9.63 Å². The quantitative estimate of drug-likeness (QED) is 0.556. The van der Waals surface area contributed by atoms with Gasteiger partial charge in [-0.05, 0) is 25.8 Å². The summed E-state index contributed by atoms with van der Waals surface area (Å²) in [5.74, 6) is 0.622. The molecule has 3 heterocycles. The van der Waals surface area contributed by atoms with Crippen LogP contribution in [0.4, 0.5) is 0 Å². The zero-order chi connectivity index (χ0) is 19.7. The van der Waals surface area contributed by atoms with Crippen LogP contribution >= 0.6 is 0 Å². The van der Waals surface area contributed by atoms with Crippen molar-refractivity contribution in [2.75, 3.05) is 0 Å². The first-order valence-corrected chi connectivity index (χ1v) is 9.02. The highest BCUT2D eigenvalue weighted by atomic mass is 16.5. The fraction of sp³-hybridized carbons (Fsp3) is 0.250. The molecule has 1 aromatic carbocycles. The molecule has 144 valence electrons. The third-order valence-electron chi connectivity index (χ3n) is 4.80. The predicted octanol–water partition coefficient (Wildman–Crippen LogP) is 2.44. The molecule has 0 saturated heterocycles. The van der Waals surface area contributed by atoms with Crippen LogP contribution in [0.1, 0.15) is 22.6 Å². The van der Waals surface area contributed by atoms with Crippen molar-refractivity contribution in [3.05, 3.63) is 82.0 Å². The first-order chi connectivity index (χ1) is 13.5. The summed E-state index contributed by atoms with van der Waals surface area (Å²) in [6.07, 6.45) is 5.43. The number of imidazole rings is 1. The van der Waals surface area contributed by atoms with Crippen molar-refractivity contribution in [3.63, 3.8) is 0 Å². The minimum absolute atomic E-state index is 0.116. The largest absolute Gasteiger partial charge is 0.493 e. The average Bonchev–Trinajstić information content (AvgIpc) is 3.35. The van der Waals surface area contributed by atoms with Crippen LogP contribution in [0, 0.1) is 13.8 Å². The number of rotatable bonds is 6. The standard InChI is InChI=1S/C20H21N5O3/c1-14-18(15(2)28-22-14)12-24-11-17(10-21-24)25-19(26)13-23(20(25)27)9-8-16-6-4-3-5-7-16/h3-7,10-11,13,26H,8-9,12H2,1-2H3. The summed E-state index contributed by atoms with van der Waals surface area (Å²) in [5, 5.41) is 18.5. The molecule has 28 heavy (non-hydrogen) atoms. The number of benzene rings is 1. The van der Waals surface area contributed by atoms with Crippen molar-refractivity contribution < 1.29 is 9.63 Å². The number of hydrogen-bond donors (Lipinski definition) is 1. The number of nitrogens with zero attached hydrogens (tertiary/aromatic N) is 5. The maximum Gasteiger partial charge on any atom is 0.335 e. The number of aromatic hydroxyl groups is 1. The highest BCUT2D eigenvalue weighted by Gasteiger charge is 2.15. The van der Waals surface area contributed by atoms with Crippen LogP contribution in [0.25, 0.3) is 5.69 Å². The molecule has 4 aromatic rings. The normalized spacial score (nSPS) is 11.2. The van der Waals surface area contributed by atoms with Gasteiger partial charge in [0.2, 0.25) is 5.88 Å². The van der Waals surface area contributed by atoms with E-state index < -0.39 is 0 Å². The second-order valence-electron chi connectivity index (χ2n) is 6.73. The lowest BCUT2D eigenvalue weighted by Crippen LogP contribution is -2.23. The topological polar surface area (TPSA) is 91.0 Å². The van der Waals surface area contributed by atoms with Crippen LogP contribution in [0.5, 0.6) is 5.88 Å². The van der Waals surface area contributed by atoms with E-state index in [1.165, 1.54) is 15.3 Å². The smallest absolute Gasteiger partial charge is 0.335 e. The van der Waals surface area contributed by atoms with Gasteiger partial charge in [0.15, 0.2) is 0 Å². The SMILES string of the molecule is Cc1noc(C)c1Cn1cc(-n2c(O)cn(CCc3ccccc3)c2=O)cn1. The molecule has 0 aliphatic carbocycles. The minimum Gasteiger partial charge on any atom is -0.493 e. The van der Waals surface area contributed by atoms with Gasteiger partial charge in [0.1, 0.15) is 5.76 Å². The summed E-state index contributed by atoms with van der Waals surface area (Å²) in [6.45, 7) is 4.68. The molecular formula is C20H21N5O3. The summed E-state index contributed by atoms with van der Waals surface area (Å²) in [5.41, 5.74) is 3.10. The Morgan fingerprint density at radius 1 is 1.14 bits per heavy atom. The molecule has 0 saturated carbocycles. The van der Waals surface area contributed by atoms with Crippen LogP contribution in [0.2, 0.25) is 0 Å². The lowest BCUT2D eigenvalue weighted by atomic mass is 10.1. The van der Waals surface area contributed by atoms with E-state index in [1.807, 2.05) is 44.2 Å². The monoisotopic (exact) mass is 379 g/mol. The van der Waals surface area contributed by atoms with E-state index in [0.29, 0.717) is 25.2 Å². The summed E-state index contributed by atoms with van der Waals surface area (Å²) in [4.78, 5) is 12.7. The minimum atomic E-state index is -0.301. The molecule has 0 aliphatic heterocycles. The second-order valence-corrected chi connectivity index (χ2v) is 6.73. The maximum atomic E-state index is 12.7. The molecule has 0 unspecified atom stereocenters. The zero-order valence-electron chi connectivity index (χ0n) is 15.7. The van der Waals surface area contributed by atoms with Crippen molar-refractivity contribution in [2.45, 2.75) is 33.4 Å². The fourth-order valence-electron chi connectivity index (χ4n) is 3.22. The molecule has 1 N–H and O–H groups in total. The average molecular weight is 379 g/mol. The Balaban J connectivity index is 1.56. The first-order valence-electron chi connectivity index (χ1n) is 9.02. The van der Waals surface area contributed by atoms with E-state index >= 15 is 0 Å². The third kappa shape index (κ3) is 3.36. The van der Waals surface area contributed by atoms with Gasteiger partial charge in [-0.15, -0.1) is 0 Å². The van der Waals surface area contributed by atoms with Crippen molar-refractivity contribution in [2.24, 2.45) is 0 Å². The summed E-state index contributed by atoms with van der Waals surface area (Å²) < 4.78 is 9.62. The van der Waals surface area contributed by atoms with Gasteiger partial charge >= 0.3 is 5.69 Å². The molecule has 0 atom stereocenters. The molecule has 0 amide bonds. The van der Waals surface area contributed by atoms with Crippen LogP contribution in [-0.4, -0.2) is 29.2 Å². The van der Waals surface area contributed by atoms with Gasteiger partial charge in [-0.1, -0.05) is 35.5 Å². The summed E-state index contributed by atoms with van der Waals surface area (Å²) in [6, 6.07) is 9.92. The van der Waals surface area contributed by atoms with E-state index in [9.17, 15) is 9.90 Å². The van der Waals surface area contributed by atoms with Crippen LogP contribution in [-0.2, 0) is 19.5 Å². The fourth-order valence-corrected chi connectivity index (χ4v) is 3.22. The Labute approximate surface area is 161 Å². The van der Waals surface area contributed by atoms with E-state index in [1.54, 1.807) is 17.1 Å². The van der Waals surface area contributed by atoms with Crippen molar-refractivity contribution >= 4 is 0 Å². The Morgan fingerprint density at radius 2 is 1.93 bits per heavy atom. The second kappa shape index (κ2) is 7.22. The van der Waals surface area contributed by atoms with Gasteiger partial charge in [0.05, 0.1) is 30.3 Å². The lowest BCUT2D eigenvalue weighted by Gasteiger charge is -2.02. The van der Waals surface area contributed by atoms with Gasteiger partial charge in [0, 0.05) is 18.3 Å². The highest BCUT2D eigenvalue weighted by Crippen LogP contribution is 2.17. The van der Waals surface area contributed by atoms with E-state index in [-0.39, 0.29) is 11.6 Å². The highest BCUT2D eigenvalue weighted by molar-refractivity contribution is 5.31. The van der Waals surface area contributed by atoms with E-state index in [2.05, 4.69) is 10.3 Å². The van der Waals surface area contributed by atoms with Gasteiger partial charge in [-0.2, -0.15) is 5.10 Å². The zero-order valence-corrected chi connectivity index (χ0v) is 15.7. The molecule has 0 aliphatic rings. The Kier molecular flexibility index (Phi) is 4.60. The third-order valence-corrected chi connectivity index (χ3v) is 4.80. The number of aryl methyl sites for hydroxylation is 4. The van der Waals surface area contributed by atoms with Crippen LogP contribution < -0.4 is 5.69 Å². The molecule has 0 spiro atoms. The molecular weight excluding hydrogens is 358 g/mol. The van der Waals surface area contributed by atoms with E-state index in [4.69, 9.17) is 4.52 Å². The van der Waals surface area contributed by atoms with Crippen molar-refractivity contribution in [1.29, 1.82) is 0 Å². The van der Waals surface area contributed by atoms with Gasteiger partial charge in [-0.25, -0.2) is 9.36 Å². The molecule has 0 fully saturated rings. The van der Waals surface area contributed by atoms with Gasteiger partial charge in [-0.3, -0.25) is 9.25 Å². The number of hydrogen-bond acceptors (Lipinski definition) is 5. The molecule has 4 rings (SSSR count). The molecule has 0 bridgehead atoms. The Morgan fingerprint density at radius 3 is 2.64 bits per heavy atom.